The number of hydrogen-bond donors (Lipinski definition) is 1. The van der Waals surface area contributed by atoms with Crippen LogP contribution in [-0.2, 0) is 0 Å². The van der Waals surface area contributed by atoms with Gasteiger partial charge in [-0.3, -0.25) is 0 Å². The molecule has 0 amide bonds. The van der Waals surface area contributed by atoms with Gasteiger partial charge in [-0.25, -0.2) is 9.97 Å². The van der Waals surface area contributed by atoms with Crippen molar-refractivity contribution in [3.8, 4) is 11.1 Å². The maximum Gasteiger partial charge on any atom is 0.222 e. The van der Waals surface area contributed by atoms with E-state index in [2.05, 4.69) is 9.97 Å². The Bertz CT molecular complexity index is 543. The number of nitrogen functional groups attached to an aromatic ring is 1. The first kappa shape index (κ1) is 12.7. The molecule has 2 aromatic rings. The zero-order valence-corrected chi connectivity index (χ0v) is 11.2. The van der Waals surface area contributed by atoms with Gasteiger partial charge in [0.1, 0.15) is 10.3 Å². The molecule has 0 radical (unpaired) electrons. The van der Waals surface area contributed by atoms with Crippen molar-refractivity contribution in [2.75, 3.05) is 5.73 Å². The maximum absolute atomic E-state index is 6.06. The highest BCUT2D eigenvalue weighted by molar-refractivity contribution is 6.43. The van der Waals surface area contributed by atoms with Crippen LogP contribution in [0.5, 0.6) is 0 Å². The van der Waals surface area contributed by atoms with Crippen LogP contribution in [0, 0.1) is 0 Å². The van der Waals surface area contributed by atoms with Crippen molar-refractivity contribution in [3.63, 3.8) is 0 Å². The van der Waals surface area contributed by atoms with Gasteiger partial charge in [0.2, 0.25) is 5.95 Å². The van der Waals surface area contributed by atoms with E-state index < -0.39 is 0 Å². The highest BCUT2D eigenvalue weighted by Crippen LogP contribution is 2.41. The van der Waals surface area contributed by atoms with E-state index >= 15 is 0 Å². The Labute approximate surface area is 117 Å². The molecule has 0 aliphatic rings. The first-order valence-corrected chi connectivity index (χ1v) is 5.94. The fraction of sp³-hybridized carbons (Fsp3) is 0. The number of aromatic nitrogens is 2. The SMILES string of the molecule is Nc1nc(Cl)c(-c2c(Cl)cccc2Cl)c(Cl)n1. The molecule has 88 valence electrons. The minimum Gasteiger partial charge on any atom is -0.368 e. The molecular formula is C10H5Cl4N3. The second kappa shape index (κ2) is 4.86. The number of nitrogens with two attached hydrogens (primary N) is 1. The fourth-order valence-corrected chi connectivity index (χ4v) is 2.54. The smallest absolute Gasteiger partial charge is 0.222 e. The number of nitrogens with zero attached hydrogens (tertiary/aromatic N) is 2. The average Bonchev–Trinajstić information content (AvgIpc) is 2.21. The fourth-order valence-electron chi connectivity index (χ4n) is 1.37. The van der Waals surface area contributed by atoms with E-state index in [1.807, 2.05) is 0 Å². The van der Waals surface area contributed by atoms with E-state index in [9.17, 15) is 0 Å². The quantitative estimate of drug-likeness (QED) is 0.797. The van der Waals surface area contributed by atoms with Crippen LogP contribution in [0.1, 0.15) is 0 Å². The van der Waals surface area contributed by atoms with Gasteiger partial charge in [0, 0.05) is 5.56 Å². The lowest BCUT2D eigenvalue weighted by atomic mass is 10.1. The normalized spacial score (nSPS) is 10.6. The first-order chi connectivity index (χ1) is 8.00. The van der Waals surface area contributed by atoms with Gasteiger partial charge < -0.3 is 5.73 Å². The molecule has 0 saturated heterocycles. The van der Waals surface area contributed by atoms with E-state index in [1.165, 1.54) is 0 Å². The Balaban J connectivity index is 2.77. The molecule has 3 nitrogen and oxygen atoms in total. The lowest BCUT2D eigenvalue weighted by Gasteiger charge is -2.10. The van der Waals surface area contributed by atoms with Crippen molar-refractivity contribution in [2.45, 2.75) is 0 Å². The van der Waals surface area contributed by atoms with Crippen LogP contribution >= 0.6 is 46.4 Å². The van der Waals surface area contributed by atoms with Crippen LogP contribution in [0.25, 0.3) is 11.1 Å². The highest BCUT2D eigenvalue weighted by atomic mass is 35.5. The van der Waals surface area contributed by atoms with Crippen molar-refractivity contribution in [3.05, 3.63) is 38.6 Å². The summed E-state index contributed by atoms with van der Waals surface area (Å²) < 4.78 is 0. The Kier molecular flexibility index (Phi) is 3.64. The molecule has 1 aromatic heterocycles. The van der Waals surface area contributed by atoms with Crippen molar-refractivity contribution in [1.82, 2.24) is 9.97 Å². The van der Waals surface area contributed by atoms with Crippen LogP contribution in [0.3, 0.4) is 0 Å². The molecule has 0 aliphatic carbocycles. The number of rotatable bonds is 1. The van der Waals surface area contributed by atoms with Gasteiger partial charge >= 0.3 is 0 Å². The summed E-state index contributed by atoms with van der Waals surface area (Å²) in [7, 11) is 0. The highest BCUT2D eigenvalue weighted by Gasteiger charge is 2.18. The van der Waals surface area contributed by atoms with E-state index in [1.54, 1.807) is 18.2 Å². The molecule has 0 spiro atoms. The molecule has 0 aliphatic heterocycles. The Morgan fingerprint density at radius 1 is 0.824 bits per heavy atom. The van der Waals surface area contributed by atoms with Gasteiger partial charge in [-0.2, -0.15) is 0 Å². The molecule has 7 heteroatoms. The van der Waals surface area contributed by atoms with Gasteiger partial charge in [0.05, 0.1) is 15.6 Å². The summed E-state index contributed by atoms with van der Waals surface area (Å²) in [6.07, 6.45) is 0. The van der Waals surface area contributed by atoms with Crippen LogP contribution in [0.4, 0.5) is 5.95 Å². The Morgan fingerprint density at radius 3 is 1.76 bits per heavy atom. The molecule has 0 saturated carbocycles. The molecular weight excluding hydrogens is 304 g/mol. The van der Waals surface area contributed by atoms with Crippen LogP contribution in [-0.4, -0.2) is 9.97 Å². The van der Waals surface area contributed by atoms with Crippen molar-refractivity contribution < 1.29 is 0 Å². The molecule has 1 heterocycles. The average molecular weight is 309 g/mol. The predicted molar refractivity (Wildman–Crippen MR) is 71.9 cm³/mol. The zero-order chi connectivity index (χ0) is 12.6. The number of anilines is 1. The standard InChI is InChI=1S/C10H5Cl4N3/c11-4-2-1-3-5(12)6(4)7-8(13)16-10(15)17-9(7)14/h1-3H,(H2,15,16,17). The summed E-state index contributed by atoms with van der Waals surface area (Å²) in [4.78, 5) is 7.65. The lowest BCUT2D eigenvalue weighted by molar-refractivity contribution is 1.19. The number of hydrogen-bond acceptors (Lipinski definition) is 3. The summed E-state index contributed by atoms with van der Waals surface area (Å²) in [6, 6.07) is 5.06. The number of halogens is 4. The second-order valence-electron chi connectivity index (χ2n) is 3.14. The lowest BCUT2D eigenvalue weighted by Crippen LogP contribution is -1.98. The largest absolute Gasteiger partial charge is 0.368 e. The second-order valence-corrected chi connectivity index (χ2v) is 4.67. The summed E-state index contributed by atoms with van der Waals surface area (Å²) in [5, 5.41) is 1.04. The summed E-state index contributed by atoms with van der Waals surface area (Å²) in [6.45, 7) is 0. The Hall–Kier alpha value is -0.740. The van der Waals surface area contributed by atoms with Gasteiger partial charge in [0.25, 0.3) is 0 Å². The molecule has 1 aromatic carbocycles. The number of benzene rings is 1. The molecule has 0 fully saturated rings. The topological polar surface area (TPSA) is 51.8 Å². The third kappa shape index (κ3) is 2.43. The predicted octanol–water partition coefficient (Wildman–Crippen LogP) is 4.34. The Morgan fingerprint density at radius 2 is 1.29 bits per heavy atom. The van der Waals surface area contributed by atoms with E-state index in [0.717, 1.165) is 0 Å². The maximum atomic E-state index is 6.06. The van der Waals surface area contributed by atoms with Gasteiger partial charge in [-0.1, -0.05) is 52.5 Å². The molecule has 2 rings (SSSR count). The van der Waals surface area contributed by atoms with Crippen molar-refractivity contribution >= 4 is 52.4 Å². The molecule has 0 bridgehead atoms. The first-order valence-electron chi connectivity index (χ1n) is 4.43. The van der Waals surface area contributed by atoms with Crippen LogP contribution < -0.4 is 5.73 Å². The molecule has 0 atom stereocenters. The molecule has 17 heavy (non-hydrogen) atoms. The molecule has 0 unspecified atom stereocenters. The van der Waals surface area contributed by atoms with Gasteiger partial charge in [0.15, 0.2) is 0 Å². The van der Waals surface area contributed by atoms with Crippen LogP contribution in [0.15, 0.2) is 18.2 Å². The minimum atomic E-state index is -0.00748. The van der Waals surface area contributed by atoms with Gasteiger partial charge in [-0.05, 0) is 12.1 Å². The monoisotopic (exact) mass is 307 g/mol. The summed E-state index contributed by atoms with van der Waals surface area (Å²) in [5.41, 5.74) is 6.29. The molecule has 2 N–H and O–H groups in total. The van der Waals surface area contributed by atoms with Crippen LogP contribution in [0.2, 0.25) is 20.4 Å². The summed E-state index contributed by atoms with van der Waals surface area (Å²) in [5.74, 6) is -0.00748. The third-order valence-corrected chi connectivity index (χ3v) is 3.23. The van der Waals surface area contributed by atoms with Crippen molar-refractivity contribution in [2.24, 2.45) is 0 Å². The zero-order valence-electron chi connectivity index (χ0n) is 8.22. The third-order valence-electron chi connectivity index (χ3n) is 2.05. The van der Waals surface area contributed by atoms with Gasteiger partial charge in [-0.15, -0.1) is 0 Å². The van der Waals surface area contributed by atoms with E-state index in [-0.39, 0.29) is 16.3 Å². The van der Waals surface area contributed by atoms with E-state index in [0.29, 0.717) is 21.2 Å². The van der Waals surface area contributed by atoms with Crippen molar-refractivity contribution in [1.29, 1.82) is 0 Å². The van der Waals surface area contributed by atoms with E-state index in [4.69, 9.17) is 52.1 Å². The summed E-state index contributed by atoms with van der Waals surface area (Å²) >= 11 is 24.1. The minimum absolute atomic E-state index is 0.00748.